The van der Waals surface area contributed by atoms with Crippen molar-refractivity contribution in [3.8, 4) is 0 Å². The second-order valence-corrected chi connectivity index (χ2v) is 9.67. The van der Waals surface area contributed by atoms with Gasteiger partial charge in [0.05, 0.1) is 18.4 Å². The lowest BCUT2D eigenvalue weighted by molar-refractivity contribution is -0.114. The van der Waals surface area contributed by atoms with Crippen LogP contribution in [0.5, 0.6) is 0 Å². The Morgan fingerprint density at radius 1 is 1.32 bits per heavy atom. The molecule has 2 aromatic rings. The molecule has 0 atom stereocenters. The molecule has 0 fully saturated rings. The number of nitrogens with zero attached hydrogens (tertiary/aromatic N) is 3. The summed E-state index contributed by atoms with van der Waals surface area (Å²) in [7, 11) is -2.24. The molecule has 0 aromatic carbocycles. The third kappa shape index (κ3) is 3.76. The number of nitrogen functional groups attached to an aromatic ring is 1. The normalized spacial score (nSPS) is 16.2. The van der Waals surface area contributed by atoms with Crippen molar-refractivity contribution in [3.05, 3.63) is 45.5 Å². The summed E-state index contributed by atoms with van der Waals surface area (Å²) >= 11 is 0.795. The summed E-state index contributed by atoms with van der Waals surface area (Å²) in [6.45, 7) is 3.57. The fraction of sp³-hybridized carbons (Fsp3) is 0.294. The number of methoxy groups -OCH3 is 1. The van der Waals surface area contributed by atoms with Gasteiger partial charge in [0.2, 0.25) is 24.9 Å². The van der Waals surface area contributed by atoms with E-state index in [1.165, 1.54) is 31.4 Å². The first-order valence-corrected chi connectivity index (χ1v) is 10.7. The van der Waals surface area contributed by atoms with Crippen LogP contribution >= 0.6 is 11.3 Å². The van der Waals surface area contributed by atoms with E-state index in [1.54, 1.807) is 13.8 Å². The molecule has 3 rings (SSSR count). The summed E-state index contributed by atoms with van der Waals surface area (Å²) in [5, 5.41) is 4.05. The van der Waals surface area contributed by atoms with Gasteiger partial charge in [-0.1, -0.05) is 31.3 Å². The zero-order valence-electron chi connectivity index (χ0n) is 15.4. The van der Waals surface area contributed by atoms with E-state index < -0.39 is 15.4 Å². The average Bonchev–Trinajstić information content (AvgIpc) is 3.04. The topological polar surface area (TPSA) is 134 Å². The predicted octanol–water partition coefficient (Wildman–Crippen LogP) is 1.22. The maximum atomic E-state index is 12.4. The van der Waals surface area contributed by atoms with Gasteiger partial charge in [-0.25, -0.2) is 8.42 Å². The highest BCUT2D eigenvalue weighted by molar-refractivity contribution is 7.93. The molecule has 0 radical (unpaired) electrons. The number of anilines is 1. The van der Waals surface area contributed by atoms with Gasteiger partial charge in [-0.15, -0.1) is 5.10 Å². The van der Waals surface area contributed by atoms with Crippen LogP contribution in [0.15, 0.2) is 38.7 Å². The Hall–Kier alpha value is -2.79. The van der Waals surface area contributed by atoms with Crippen molar-refractivity contribution in [3.63, 3.8) is 0 Å². The van der Waals surface area contributed by atoms with E-state index in [-0.39, 0.29) is 43.9 Å². The second-order valence-electron chi connectivity index (χ2n) is 6.51. The third-order valence-corrected chi connectivity index (χ3v) is 7.22. The summed E-state index contributed by atoms with van der Waals surface area (Å²) in [5.74, 6) is -0.361. The molecule has 9 nitrogen and oxygen atoms in total. The van der Waals surface area contributed by atoms with Crippen molar-refractivity contribution in [2.24, 2.45) is 5.92 Å². The van der Waals surface area contributed by atoms with E-state index in [4.69, 9.17) is 10.5 Å². The first-order chi connectivity index (χ1) is 13.1. The summed E-state index contributed by atoms with van der Waals surface area (Å²) in [6, 6.07) is 0. The van der Waals surface area contributed by atoms with Gasteiger partial charge in [-0.3, -0.25) is 9.59 Å². The Balaban J connectivity index is 2.13. The number of aromatic nitrogens is 3. The predicted molar refractivity (Wildman–Crippen MR) is 106 cm³/mol. The number of sulfone groups is 1. The van der Waals surface area contributed by atoms with Gasteiger partial charge < -0.3 is 10.5 Å². The number of carbonyl (C=O) groups is 1. The minimum absolute atomic E-state index is 0.0382. The molecular weight excluding hydrogens is 404 g/mol. The summed E-state index contributed by atoms with van der Waals surface area (Å²) in [5.41, 5.74) is 5.99. The number of hydrogen-bond donors (Lipinski definition) is 1. The Labute approximate surface area is 164 Å². The van der Waals surface area contributed by atoms with Crippen LogP contribution in [0, 0.1) is 5.92 Å². The molecule has 1 aliphatic carbocycles. The molecule has 148 valence electrons. The molecule has 28 heavy (non-hydrogen) atoms. The average molecular weight is 422 g/mol. The summed E-state index contributed by atoms with van der Waals surface area (Å²) in [4.78, 5) is 28.0. The monoisotopic (exact) mass is 422 g/mol. The molecule has 2 N–H and O–H groups in total. The lowest BCUT2D eigenvalue weighted by atomic mass is 10.0. The van der Waals surface area contributed by atoms with Gasteiger partial charge in [0.15, 0.2) is 5.76 Å². The van der Waals surface area contributed by atoms with E-state index in [0.29, 0.717) is 5.57 Å². The fourth-order valence-electron chi connectivity index (χ4n) is 2.58. The molecule has 0 bridgehead atoms. The second kappa shape index (κ2) is 7.32. The van der Waals surface area contributed by atoms with Gasteiger partial charge in [-0.05, 0) is 29.7 Å². The maximum absolute atomic E-state index is 12.4. The van der Waals surface area contributed by atoms with Crippen molar-refractivity contribution in [1.29, 1.82) is 0 Å². The van der Waals surface area contributed by atoms with Gasteiger partial charge >= 0.3 is 0 Å². The zero-order valence-corrected chi connectivity index (χ0v) is 17.0. The van der Waals surface area contributed by atoms with Crippen molar-refractivity contribution >= 4 is 43.8 Å². The van der Waals surface area contributed by atoms with E-state index >= 15 is 0 Å². The van der Waals surface area contributed by atoms with Crippen LogP contribution in [0.3, 0.4) is 0 Å². The largest absolute Gasteiger partial charge is 0.493 e. The number of fused-ring (bicyclic) bond motifs is 1. The Morgan fingerprint density at radius 2 is 2.04 bits per heavy atom. The molecule has 0 saturated heterocycles. The van der Waals surface area contributed by atoms with Crippen LogP contribution < -0.4 is 11.3 Å². The van der Waals surface area contributed by atoms with Gasteiger partial charge in [0.1, 0.15) is 5.82 Å². The van der Waals surface area contributed by atoms with Gasteiger partial charge in [-0.2, -0.15) is 9.50 Å². The van der Waals surface area contributed by atoms with Crippen molar-refractivity contribution < 1.29 is 17.9 Å². The fourth-order valence-corrected chi connectivity index (χ4v) is 5.37. The molecule has 1 aliphatic rings. The molecule has 0 amide bonds. The number of ether oxygens (including phenoxy) is 1. The van der Waals surface area contributed by atoms with Gasteiger partial charge in [0, 0.05) is 0 Å². The maximum Gasteiger partial charge on any atom is 0.283 e. The van der Waals surface area contributed by atoms with E-state index in [0.717, 1.165) is 15.9 Å². The van der Waals surface area contributed by atoms with E-state index in [2.05, 4.69) is 10.1 Å². The molecule has 2 aromatic heterocycles. The lowest BCUT2D eigenvalue weighted by Gasteiger charge is -2.08. The lowest BCUT2D eigenvalue weighted by Crippen LogP contribution is -2.17. The van der Waals surface area contributed by atoms with Crippen molar-refractivity contribution in [2.45, 2.75) is 18.2 Å². The van der Waals surface area contributed by atoms with Crippen molar-refractivity contribution in [2.75, 3.05) is 18.6 Å². The highest BCUT2D eigenvalue weighted by atomic mass is 32.2. The first kappa shape index (κ1) is 20.0. The quantitative estimate of drug-likeness (QED) is 0.760. The zero-order chi connectivity index (χ0) is 20.6. The number of hydrogen-bond acceptors (Lipinski definition) is 9. The highest BCUT2D eigenvalue weighted by Crippen LogP contribution is 2.24. The van der Waals surface area contributed by atoms with Crippen LogP contribution in [0.1, 0.15) is 19.4 Å². The number of ketones is 1. The Kier molecular flexibility index (Phi) is 5.22. The molecule has 0 spiro atoms. The summed E-state index contributed by atoms with van der Waals surface area (Å²) in [6.07, 6.45) is 5.73. The van der Waals surface area contributed by atoms with Crippen molar-refractivity contribution in [1.82, 2.24) is 14.6 Å². The molecular formula is C17H18N4O5S2. The Bertz CT molecular complexity index is 1220. The Morgan fingerprint density at radius 3 is 2.68 bits per heavy atom. The van der Waals surface area contributed by atoms with Crippen LogP contribution in [0.2, 0.25) is 0 Å². The molecule has 0 unspecified atom stereocenters. The summed E-state index contributed by atoms with van der Waals surface area (Å²) < 4.78 is 30.8. The van der Waals surface area contributed by atoms with Crippen LogP contribution in [-0.4, -0.2) is 41.7 Å². The number of rotatable bonds is 5. The smallest absolute Gasteiger partial charge is 0.283 e. The first-order valence-electron chi connectivity index (χ1n) is 8.24. The van der Waals surface area contributed by atoms with E-state index in [9.17, 15) is 18.0 Å². The highest BCUT2D eigenvalue weighted by Gasteiger charge is 2.24. The van der Waals surface area contributed by atoms with Crippen LogP contribution in [0.4, 0.5) is 5.82 Å². The number of carbonyl (C=O) groups excluding carboxylic acids is 1. The van der Waals surface area contributed by atoms with Crippen LogP contribution in [0.25, 0.3) is 11.0 Å². The molecule has 0 saturated carbocycles. The van der Waals surface area contributed by atoms with Gasteiger partial charge in [0.25, 0.3) is 5.56 Å². The molecule has 0 aliphatic heterocycles. The molecule has 11 heteroatoms. The SMILES string of the molecule is COC1=CC(=Cc2c(N)n3nc(S(=O)(=O)CC(C)C)sc3nc2=O)C=CC1=O. The standard InChI is InChI=1S/C17H18N4O5S2/c1-9(2)8-28(24,25)17-20-21-14(18)11(15(23)19-16(21)27-17)6-10-4-5-12(22)13(7-10)26-3/h4-7,9H,8,18H2,1-3H3. The number of nitrogens with two attached hydrogens (primary N) is 1. The third-order valence-electron chi connectivity index (χ3n) is 3.79. The number of allylic oxidation sites excluding steroid dienone is 4. The molecule has 2 heterocycles. The van der Waals surface area contributed by atoms with Crippen LogP contribution in [-0.2, 0) is 19.4 Å². The minimum atomic E-state index is -3.61. The minimum Gasteiger partial charge on any atom is -0.493 e. The van der Waals surface area contributed by atoms with E-state index in [1.807, 2.05) is 0 Å².